The highest BCUT2D eigenvalue weighted by atomic mass is 35.5. The van der Waals surface area contributed by atoms with Crippen molar-refractivity contribution in [2.45, 2.75) is 19.4 Å². The van der Waals surface area contributed by atoms with E-state index >= 15 is 0 Å². The Morgan fingerprint density at radius 1 is 1.25 bits per heavy atom. The summed E-state index contributed by atoms with van der Waals surface area (Å²) in [6, 6.07) is 6.45. The number of benzene rings is 1. The standard InChI is InChI=1S/C16H14Cl2N4O2/c1-16(2,14-8-22(21-20-14)13-3-4-24-9-13)19-15(23)10-5-11(17)7-12(18)6-10/h3-9H,1-2H3,(H,19,23). The van der Waals surface area contributed by atoms with Gasteiger partial charge in [0.05, 0.1) is 18.0 Å². The molecule has 0 aliphatic heterocycles. The number of furan rings is 1. The Bertz CT molecular complexity index is 852. The second-order valence-electron chi connectivity index (χ2n) is 5.77. The summed E-state index contributed by atoms with van der Waals surface area (Å²) in [6.07, 6.45) is 4.83. The molecule has 6 nitrogen and oxygen atoms in total. The average Bonchev–Trinajstić information content (AvgIpc) is 3.17. The predicted octanol–water partition coefficient (Wildman–Crippen LogP) is 3.83. The van der Waals surface area contributed by atoms with Crippen LogP contribution in [0.2, 0.25) is 10.0 Å². The van der Waals surface area contributed by atoms with E-state index in [0.29, 0.717) is 21.3 Å². The second-order valence-corrected chi connectivity index (χ2v) is 6.64. The minimum Gasteiger partial charge on any atom is -0.470 e. The van der Waals surface area contributed by atoms with Crippen LogP contribution in [-0.2, 0) is 5.54 Å². The van der Waals surface area contributed by atoms with Crippen molar-refractivity contribution in [1.29, 1.82) is 0 Å². The van der Waals surface area contributed by atoms with Gasteiger partial charge >= 0.3 is 0 Å². The van der Waals surface area contributed by atoms with Crippen LogP contribution in [0.15, 0.2) is 47.4 Å². The first-order valence-electron chi connectivity index (χ1n) is 7.09. The Labute approximate surface area is 148 Å². The summed E-state index contributed by atoms with van der Waals surface area (Å²) < 4.78 is 6.60. The number of hydrogen-bond acceptors (Lipinski definition) is 4. The van der Waals surface area contributed by atoms with Crippen LogP contribution in [0.1, 0.15) is 29.9 Å². The second kappa shape index (κ2) is 6.30. The normalized spacial score (nSPS) is 11.5. The third-order valence-electron chi connectivity index (χ3n) is 3.46. The molecule has 1 aromatic carbocycles. The van der Waals surface area contributed by atoms with Crippen LogP contribution in [-0.4, -0.2) is 20.9 Å². The maximum absolute atomic E-state index is 12.5. The lowest BCUT2D eigenvalue weighted by Gasteiger charge is -2.23. The summed E-state index contributed by atoms with van der Waals surface area (Å²) >= 11 is 11.9. The van der Waals surface area contributed by atoms with Crippen LogP contribution in [0, 0.1) is 0 Å². The fourth-order valence-corrected chi connectivity index (χ4v) is 2.70. The summed E-state index contributed by atoms with van der Waals surface area (Å²) in [4.78, 5) is 12.5. The van der Waals surface area contributed by atoms with Crippen molar-refractivity contribution in [1.82, 2.24) is 20.3 Å². The molecule has 0 fully saturated rings. The maximum atomic E-state index is 12.5. The van der Waals surface area contributed by atoms with Crippen LogP contribution in [0.4, 0.5) is 0 Å². The van der Waals surface area contributed by atoms with E-state index in [1.54, 1.807) is 47.7 Å². The summed E-state index contributed by atoms with van der Waals surface area (Å²) in [6.45, 7) is 3.67. The van der Waals surface area contributed by atoms with Gasteiger partial charge in [-0.2, -0.15) is 0 Å². The zero-order valence-electron chi connectivity index (χ0n) is 13.0. The number of halogens is 2. The molecule has 0 bridgehead atoms. The molecule has 0 saturated heterocycles. The Morgan fingerprint density at radius 3 is 2.58 bits per heavy atom. The molecule has 1 amide bonds. The van der Waals surface area contributed by atoms with Crippen molar-refractivity contribution < 1.29 is 9.21 Å². The van der Waals surface area contributed by atoms with Crippen molar-refractivity contribution >= 4 is 29.1 Å². The number of carbonyl (C=O) groups excluding carboxylic acids is 1. The molecular formula is C16H14Cl2N4O2. The maximum Gasteiger partial charge on any atom is 0.252 e. The molecule has 2 aromatic heterocycles. The third kappa shape index (κ3) is 3.44. The number of nitrogens with one attached hydrogen (secondary N) is 1. The Kier molecular flexibility index (Phi) is 4.34. The lowest BCUT2D eigenvalue weighted by atomic mass is 10.0. The van der Waals surface area contributed by atoms with Gasteiger partial charge in [-0.05, 0) is 32.0 Å². The SMILES string of the molecule is CC(C)(NC(=O)c1cc(Cl)cc(Cl)c1)c1cn(-c2ccoc2)nn1. The first kappa shape index (κ1) is 16.5. The monoisotopic (exact) mass is 364 g/mol. The fraction of sp³-hybridized carbons (Fsp3) is 0.188. The molecule has 3 aromatic rings. The van der Waals surface area contributed by atoms with Crippen LogP contribution < -0.4 is 5.32 Å². The highest BCUT2D eigenvalue weighted by molar-refractivity contribution is 6.35. The number of rotatable bonds is 4. The first-order chi connectivity index (χ1) is 11.3. The first-order valence-corrected chi connectivity index (χ1v) is 7.85. The van der Waals surface area contributed by atoms with E-state index < -0.39 is 5.54 Å². The average molecular weight is 365 g/mol. The molecule has 0 radical (unpaired) electrons. The van der Waals surface area contributed by atoms with Crippen molar-refractivity contribution in [2.24, 2.45) is 0 Å². The molecule has 0 unspecified atom stereocenters. The minimum atomic E-state index is -0.742. The molecule has 124 valence electrons. The van der Waals surface area contributed by atoms with Gasteiger partial charge in [-0.3, -0.25) is 4.79 Å². The summed E-state index contributed by atoms with van der Waals surface area (Å²) in [7, 11) is 0. The van der Waals surface area contributed by atoms with Crippen LogP contribution in [0.3, 0.4) is 0 Å². The molecule has 0 atom stereocenters. The van der Waals surface area contributed by atoms with Gasteiger partial charge in [0.15, 0.2) is 0 Å². The third-order valence-corrected chi connectivity index (χ3v) is 3.89. The number of nitrogens with zero attached hydrogens (tertiary/aromatic N) is 3. The van der Waals surface area contributed by atoms with Gasteiger partial charge in [-0.25, -0.2) is 4.68 Å². The van der Waals surface area contributed by atoms with E-state index in [0.717, 1.165) is 5.69 Å². The van der Waals surface area contributed by atoms with Gasteiger partial charge in [0, 0.05) is 21.7 Å². The number of hydrogen-bond donors (Lipinski definition) is 1. The Balaban J connectivity index is 1.81. The molecule has 0 spiro atoms. The van der Waals surface area contributed by atoms with Gasteiger partial charge in [0.2, 0.25) is 0 Å². The topological polar surface area (TPSA) is 73.0 Å². The van der Waals surface area contributed by atoms with Crippen molar-refractivity contribution in [3.05, 3.63) is 64.3 Å². The van der Waals surface area contributed by atoms with Gasteiger partial charge in [0.25, 0.3) is 5.91 Å². The largest absolute Gasteiger partial charge is 0.470 e. The molecule has 0 aliphatic carbocycles. The van der Waals surface area contributed by atoms with Gasteiger partial charge in [0.1, 0.15) is 17.6 Å². The highest BCUT2D eigenvalue weighted by Crippen LogP contribution is 2.22. The summed E-state index contributed by atoms with van der Waals surface area (Å²) in [5.41, 5.74) is 0.985. The van der Waals surface area contributed by atoms with Crippen molar-refractivity contribution in [3.8, 4) is 5.69 Å². The number of carbonyl (C=O) groups is 1. The Morgan fingerprint density at radius 2 is 1.96 bits per heavy atom. The zero-order valence-corrected chi connectivity index (χ0v) is 14.5. The smallest absolute Gasteiger partial charge is 0.252 e. The zero-order chi connectivity index (χ0) is 17.3. The predicted molar refractivity (Wildman–Crippen MR) is 90.6 cm³/mol. The van der Waals surface area contributed by atoms with E-state index in [4.69, 9.17) is 27.6 Å². The fourth-order valence-electron chi connectivity index (χ4n) is 2.17. The molecule has 3 rings (SSSR count). The minimum absolute atomic E-state index is 0.303. The number of aromatic nitrogens is 3. The summed E-state index contributed by atoms with van der Waals surface area (Å²) in [5.74, 6) is -0.303. The lowest BCUT2D eigenvalue weighted by Crippen LogP contribution is -2.41. The van der Waals surface area contributed by atoms with E-state index in [2.05, 4.69) is 15.6 Å². The highest BCUT2D eigenvalue weighted by Gasteiger charge is 2.27. The van der Waals surface area contributed by atoms with E-state index in [-0.39, 0.29) is 5.91 Å². The van der Waals surface area contributed by atoms with Crippen LogP contribution in [0.25, 0.3) is 5.69 Å². The van der Waals surface area contributed by atoms with Crippen LogP contribution in [0.5, 0.6) is 0 Å². The molecular weight excluding hydrogens is 351 g/mol. The molecule has 1 N–H and O–H groups in total. The molecule has 2 heterocycles. The number of amides is 1. The van der Waals surface area contributed by atoms with Gasteiger partial charge < -0.3 is 9.73 Å². The van der Waals surface area contributed by atoms with Crippen molar-refractivity contribution in [3.63, 3.8) is 0 Å². The molecule has 24 heavy (non-hydrogen) atoms. The van der Waals surface area contributed by atoms with Crippen molar-refractivity contribution in [2.75, 3.05) is 0 Å². The quantitative estimate of drug-likeness (QED) is 0.763. The lowest BCUT2D eigenvalue weighted by molar-refractivity contribution is 0.0910. The van der Waals surface area contributed by atoms with Crippen LogP contribution >= 0.6 is 23.2 Å². The Hall–Kier alpha value is -2.31. The summed E-state index contributed by atoms with van der Waals surface area (Å²) in [5, 5.41) is 11.9. The van der Waals surface area contributed by atoms with E-state index in [9.17, 15) is 4.79 Å². The van der Waals surface area contributed by atoms with E-state index in [1.807, 2.05) is 13.8 Å². The molecule has 0 saturated carbocycles. The van der Waals surface area contributed by atoms with Gasteiger partial charge in [-0.1, -0.05) is 28.4 Å². The van der Waals surface area contributed by atoms with E-state index in [1.165, 1.54) is 0 Å². The molecule has 8 heteroatoms. The molecule has 0 aliphatic rings. The van der Waals surface area contributed by atoms with Gasteiger partial charge in [-0.15, -0.1) is 5.10 Å².